The fourth-order valence-electron chi connectivity index (χ4n) is 2.29. The van der Waals surface area contributed by atoms with Crippen molar-refractivity contribution in [2.75, 3.05) is 0 Å². The lowest BCUT2D eigenvalue weighted by molar-refractivity contribution is 0.475. The van der Waals surface area contributed by atoms with Crippen molar-refractivity contribution >= 4 is 0 Å². The zero-order chi connectivity index (χ0) is 14.7. The van der Waals surface area contributed by atoms with Crippen LogP contribution in [0.15, 0.2) is 41.5 Å². The molecule has 21 heavy (non-hydrogen) atoms. The van der Waals surface area contributed by atoms with Gasteiger partial charge in [-0.1, -0.05) is 0 Å². The maximum Gasteiger partial charge on any atom is 0.152 e. The molecular formula is C15H19N5O. The van der Waals surface area contributed by atoms with E-state index in [1.807, 2.05) is 37.8 Å². The standard InChI is InChI=1S/C15H19N5O/c1-11(9-20-6-5-16-10-20)17-7-13-8-18-19-15(13)14-4-3-12(2)21-14/h3-6,8,10-11,17H,7,9H2,1-2H3,(H,18,19). The Hall–Kier alpha value is -2.34. The number of hydrogen-bond donors (Lipinski definition) is 2. The lowest BCUT2D eigenvalue weighted by Gasteiger charge is -2.14. The second-order valence-electron chi connectivity index (χ2n) is 5.22. The van der Waals surface area contributed by atoms with E-state index in [1.54, 1.807) is 6.20 Å². The van der Waals surface area contributed by atoms with Crippen molar-refractivity contribution in [2.45, 2.75) is 33.0 Å². The molecule has 1 unspecified atom stereocenters. The average Bonchev–Trinajstić information content (AvgIpc) is 3.17. The molecule has 3 aromatic heterocycles. The third kappa shape index (κ3) is 3.22. The minimum absolute atomic E-state index is 0.334. The van der Waals surface area contributed by atoms with Crippen LogP contribution in [0.3, 0.4) is 0 Å². The van der Waals surface area contributed by atoms with E-state index in [0.717, 1.165) is 35.9 Å². The largest absolute Gasteiger partial charge is 0.460 e. The Kier molecular flexibility index (Phi) is 3.87. The highest BCUT2D eigenvalue weighted by Gasteiger charge is 2.12. The Bertz CT molecular complexity index is 683. The fraction of sp³-hybridized carbons (Fsp3) is 0.333. The Morgan fingerprint density at radius 1 is 1.43 bits per heavy atom. The molecule has 6 heteroatoms. The average molecular weight is 285 g/mol. The SMILES string of the molecule is Cc1ccc(-c2[nH]ncc2CNC(C)Cn2ccnc2)o1. The molecule has 0 aliphatic carbocycles. The van der Waals surface area contributed by atoms with Gasteiger partial charge in [0.1, 0.15) is 11.5 Å². The maximum absolute atomic E-state index is 5.65. The molecule has 1 atom stereocenters. The number of H-pyrrole nitrogens is 1. The summed E-state index contributed by atoms with van der Waals surface area (Å²) in [4.78, 5) is 4.05. The highest BCUT2D eigenvalue weighted by molar-refractivity contribution is 5.56. The van der Waals surface area contributed by atoms with Gasteiger partial charge in [0.25, 0.3) is 0 Å². The maximum atomic E-state index is 5.65. The second kappa shape index (κ2) is 5.97. The van der Waals surface area contributed by atoms with Gasteiger partial charge in [-0.15, -0.1) is 0 Å². The number of hydrogen-bond acceptors (Lipinski definition) is 4. The molecule has 2 N–H and O–H groups in total. The minimum Gasteiger partial charge on any atom is -0.460 e. The van der Waals surface area contributed by atoms with E-state index in [9.17, 15) is 0 Å². The minimum atomic E-state index is 0.334. The van der Waals surface area contributed by atoms with E-state index >= 15 is 0 Å². The van der Waals surface area contributed by atoms with E-state index in [1.165, 1.54) is 0 Å². The van der Waals surface area contributed by atoms with Crippen molar-refractivity contribution in [2.24, 2.45) is 0 Å². The molecule has 3 rings (SSSR count). The van der Waals surface area contributed by atoms with Crippen LogP contribution in [0.25, 0.3) is 11.5 Å². The molecule has 0 saturated carbocycles. The van der Waals surface area contributed by atoms with Crippen molar-refractivity contribution in [3.8, 4) is 11.5 Å². The molecule has 0 bridgehead atoms. The zero-order valence-corrected chi connectivity index (χ0v) is 12.2. The number of rotatable bonds is 6. The van der Waals surface area contributed by atoms with Crippen molar-refractivity contribution in [1.29, 1.82) is 0 Å². The van der Waals surface area contributed by atoms with Crippen molar-refractivity contribution < 1.29 is 4.42 Å². The molecule has 0 spiro atoms. The molecular weight excluding hydrogens is 266 g/mol. The van der Waals surface area contributed by atoms with Crippen LogP contribution in [0, 0.1) is 6.92 Å². The molecule has 0 fully saturated rings. The van der Waals surface area contributed by atoms with Gasteiger partial charge in [-0.2, -0.15) is 5.10 Å². The molecule has 0 aliphatic rings. The van der Waals surface area contributed by atoms with E-state index in [-0.39, 0.29) is 0 Å². The Morgan fingerprint density at radius 2 is 2.33 bits per heavy atom. The number of nitrogens with one attached hydrogen (secondary N) is 2. The highest BCUT2D eigenvalue weighted by atomic mass is 16.3. The van der Waals surface area contributed by atoms with Crippen molar-refractivity contribution in [3.05, 3.63) is 48.4 Å². The zero-order valence-electron chi connectivity index (χ0n) is 12.2. The quantitative estimate of drug-likeness (QED) is 0.729. The molecule has 3 heterocycles. The summed E-state index contributed by atoms with van der Waals surface area (Å²) >= 11 is 0. The van der Waals surface area contributed by atoms with Gasteiger partial charge in [0.15, 0.2) is 5.76 Å². The number of aryl methyl sites for hydroxylation is 1. The Labute approximate surface area is 123 Å². The fourth-order valence-corrected chi connectivity index (χ4v) is 2.29. The smallest absolute Gasteiger partial charge is 0.152 e. The van der Waals surface area contributed by atoms with Gasteiger partial charge in [-0.05, 0) is 26.0 Å². The van der Waals surface area contributed by atoms with Crippen LogP contribution >= 0.6 is 0 Å². The third-order valence-corrected chi connectivity index (χ3v) is 3.39. The third-order valence-electron chi connectivity index (χ3n) is 3.39. The number of nitrogens with zero attached hydrogens (tertiary/aromatic N) is 3. The normalized spacial score (nSPS) is 12.7. The first-order chi connectivity index (χ1) is 10.2. The number of imidazole rings is 1. The summed E-state index contributed by atoms with van der Waals surface area (Å²) in [5.41, 5.74) is 2.03. The van der Waals surface area contributed by atoms with Crippen molar-refractivity contribution in [3.63, 3.8) is 0 Å². The number of aromatic nitrogens is 4. The first-order valence-corrected chi connectivity index (χ1v) is 7.00. The summed E-state index contributed by atoms with van der Waals surface area (Å²) in [6.45, 7) is 5.70. The second-order valence-corrected chi connectivity index (χ2v) is 5.22. The van der Waals surface area contributed by atoms with E-state index < -0.39 is 0 Å². The van der Waals surface area contributed by atoms with Gasteiger partial charge >= 0.3 is 0 Å². The molecule has 0 saturated heterocycles. The summed E-state index contributed by atoms with van der Waals surface area (Å²) in [5.74, 6) is 1.72. The van der Waals surface area contributed by atoms with Gasteiger partial charge < -0.3 is 14.3 Å². The first kappa shape index (κ1) is 13.6. The summed E-state index contributed by atoms with van der Waals surface area (Å²) in [6.07, 6.45) is 7.42. The predicted octanol–water partition coefficient (Wildman–Crippen LogP) is 2.35. The predicted molar refractivity (Wildman–Crippen MR) is 79.6 cm³/mol. The molecule has 0 radical (unpaired) electrons. The van der Waals surface area contributed by atoms with Crippen LogP contribution in [0.1, 0.15) is 18.2 Å². The van der Waals surface area contributed by atoms with E-state index in [0.29, 0.717) is 6.04 Å². The van der Waals surface area contributed by atoms with E-state index in [2.05, 4.69) is 32.0 Å². The van der Waals surface area contributed by atoms with Gasteiger partial charge in [-0.25, -0.2) is 4.98 Å². The summed E-state index contributed by atoms with van der Waals surface area (Å²) in [6, 6.07) is 4.25. The molecule has 0 amide bonds. The van der Waals surface area contributed by atoms with Crippen LogP contribution < -0.4 is 5.32 Å². The topological polar surface area (TPSA) is 71.7 Å². The van der Waals surface area contributed by atoms with Gasteiger partial charge in [0, 0.05) is 37.1 Å². The monoisotopic (exact) mass is 285 g/mol. The van der Waals surface area contributed by atoms with E-state index in [4.69, 9.17) is 4.42 Å². The molecule has 6 nitrogen and oxygen atoms in total. The Morgan fingerprint density at radius 3 is 3.05 bits per heavy atom. The Balaban J connectivity index is 1.62. The summed E-state index contributed by atoms with van der Waals surface area (Å²) < 4.78 is 7.71. The lowest BCUT2D eigenvalue weighted by Crippen LogP contribution is -2.29. The van der Waals surface area contributed by atoms with Crippen LogP contribution in [0.2, 0.25) is 0 Å². The molecule has 0 aromatic carbocycles. The number of furan rings is 1. The highest BCUT2D eigenvalue weighted by Crippen LogP contribution is 2.23. The van der Waals surface area contributed by atoms with Crippen LogP contribution in [0.5, 0.6) is 0 Å². The number of aromatic amines is 1. The van der Waals surface area contributed by atoms with Crippen LogP contribution in [-0.2, 0) is 13.1 Å². The van der Waals surface area contributed by atoms with Gasteiger partial charge in [-0.3, -0.25) is 5.10 Å². The molecule has 3 aromatic rings. The van der Waals surface area contributed by atoms with Crippen LogP contribution in [0.4, 0.5) is 0 Å². The van der Waals surface area contributed by atoms with Crippen LogP contribution in [-0.4, -0.2) is 25.8 Å². The molecule has 0 aliphatic heterocycles. The molecule has 110 valence electrons. The lowest BCUT2D eigenvalue weighted by atomic mass is 10.2. The van der Waals surface area contributed by atoms with Gasteiger partial charge in [0.05, 0.1) is 12.5 Å². The summed E-state index contributed by atoms with van der Waals surface area (Å²) in [7, 11) is 0. The summed E-state index contributed by atoms with van der Waals surface area (Å²) in [5, 5.41) is 10.6. The first-order valence-electron chi connectivity index (χ1n) is 7.00. The van der Waals surface area contributed by atoms with Crippen molar-refractivity contribution in [1.82, 2.24) is 25.1 Å². The van der Waals surface area contributed by atoms with Gasteiger partial charge in [0.2, 0.25) is 0 Å².